The van der Waals surface area contributed by atoms with Crippen LogP contribution in [0.4, 0.5) is 0 Å². The van der Waals surface area contributed by atoms with Crippen LogP contribution < -0.4 is 5.32 Å². The summed E-state index contributed by atoms with van der Waals surface area (Å²) >= 11 is 0. The molecule has 0 spiro atoms. The molecule has 0 aliphatic carbocycles. The summed E-state index contributed by atoms with van der Waals surface area (Å²) in [6.45, 7) is 5.30. The van der Waals surface area contributed by atoms with Crippen molar-refractivity contribution in [1.82, 2.24) is 5.32 Å². The first-order valence-corrected chi connectivity index (χ1v) is 5.08. The lowest BCUT2D eigenvalue weighted by Crippen LogP contribution is -2.37. The molecular weight excluding hydrogens is 178 g/mol. The molecule has 3 heteroatoms. The van der Waals surface area contributed by atoms with Gasteiger partial charge in [-0.05, 0) is 19.4 Å². The average Bonchev–Trinajstić information content (AvgIpc) is 2.56. The Balaban J connectivity index is 2.20. The van der Waals surface area contributed by atoms with Gasteiger partial charge < -0.3 is 14.8 Å². The Kier molecular flexibility index (Phi) is 4.17. The molecular formula is C11H19NO2. The molecule has 0 fully saturated rings. The van der Waals surface area contributed by atoms with Crippen molar-refractivity contribution in [2.24, 2.45) is 0 Å². The Labute approximate surface area is 85.1 Å². The Hall–Kier alpha value is -0.800. The molecule has 14 heavy (non-hydrogen) atoms. The summed E-state index contributed by atoms with van der Waals surface area (Å²) in [6.07, 6.45) is 5.19. The Morgan fingerprint density at radius 3 is 2.93 bits per heavy atom. The molecule has 3 nitrogen and oxygen atoms in total. The number of hydrogen-bond acceptors (Lipinski definition) is 3. The minimum absolute atomic E-state index is 0.599. The van der Waals surface area contributed by atoms with Gasteiger partial charge in [0.05, 0.1) is 18.1 Å². The van der Waals surface area contributed by atoms with Crippen molar-refractivity contribution in [1.29, 1.82) is 0 Å². The maximum absolute atomic E-state index is 9.86. The van der Waals surface area contributed by atoms with Crippen molar-refractivity contribution in [3.8, 4) is 0 Å². The molecule has 0 bridgehead atoms. The molecule has 1 unspecified atom stereocenters. The maximum Gasteiger partial charge on any atom is 0.0947 e. The quantitative estimate of drug-likeness (QED) is 0.732. The first kappa shape index (κ1) is 11.3. The highest BCUT2D eigenvalue weighted by Gasteiger charge is 2.17. The van der Waals surface area contributed by atoms with Gasteiger partial charge in [0.2, 0.25) is 0 Å². The van der Waals surface area contributed by atoms with Gasteiger partial charge in [-0.1, -0.05) is 13.3 Å². The second-order valence-corrected chi connectivity index (χ2v) is 3.98. The van der Waals surface area contributed by atoms with Gasteiger partial charge in [-0.25, -0.2) is 0 Å². The van der Waals surface area contributed by atoms with E-state index in [-0.39, 0.29) is 0 Å². The standard InChI is InChI=1S/C11H19NO2/c1-3-5-11(2,13)9-12-7-10-4-6-14-8-10/h4,6,8,12-13H,3,5,7,9H2,1-2H3. The third-order valence-electron chi connectivity index (χ3n) is 2.20. The summed E-state index contributed by atoms with van der Waals surface area (Å²) in [5.74, 6) is 0. The van der Waals surface area contributed by atoms with Crippen LogP contribution in [0.5, 0.6) is 0 Å². The minimum atomic E-state index is -0.599. The zero-order valence-electron chi connectivity index (χ0n) is 8.92. The first-order chi connectivity index (χ1) is 6.64. The highest BCUT2D eigenvalue weighted by atomic mass is 16.3. The smallest absolute Gasteiger partial charge is 0.0947 e. The molecule has 2 N–H and O–H groups in total. The normalized spacial score (nSPS) is 15.4. The van der Waals surface area contributed by atoms with Crippen molar-refractivity contribution in [3.05, 3.63) is 24.2 Å². The van der Waals surface area contributed by atoms with E-state index < -0.39 is 5.60 Å². The van der Waals surface area contributed by atoms with E-state index in [0.29, 0.717) is 6.54 Å². The van der Waals surface area contributed by atoms with Crippen molar-refractivity contribution < 1.29 is 9.52 Å². The first-order valence-electron chi connectivity index (χ1n) is 5.08. The zero-order chi connectivity index (χ0) is 10.4. The summed E-state index contributed by atoms with van der Waals surface area (Å²) in [5, 5.41) is 13.1. The van der Waals surface area contributed by atoms with E-state index in [2.05, 4.69) is 12.2 Å². The molecule has 0 saturated heterocycles. The lowest BCUT2D eigenvalue weighted by Gasteiger charge is -2.22. The Morgan fingerprint density at radius 1 is 1.57 bits per heavy atom. The van der Waals surface area contributed by atoms with Crippen molar-refractivity contribution >= 4 is 0 Å². The van der Waals surface area contributed by atoms with Gasteiger partial charge in [-0.3, -0.25) is 0 Å². The Morgan fingerprint density at radius 2 is 2.36 bits per heavy atom. The predicted molar refractivity (Wildman–Crippen MR) is 55.9 cm³/mol. The predicted octanol–water partition coefficient (Wildman–Crippen LogP) is 1.92. The second-order valence-electron chi connectivity index (χ2n) is 3.98. The molecule has 0 radical (unpaired) electrons. The molecule has 0 aromatic carbocycles. The highest BCUT2D eigenvalue weighted by Crippen LogP contribution is 2.10. The van der Waals surface area contributed by atoms with Gasteiger partial charge in [-0.15, -0.1) is 0 Å². The van der Waals surface area contributed by atoms with E-state index in [0.717, 1.165) is 24.9 Å². The van der Waals surface area contributed by atoms with Crippen LogP contribution in [0.2, 0.25) is 0 Å². The van der Waals surface area contributed by atoms with Crippen molar-refractivity contribution in [3.63, 3.8) is 0 Å². The van der Waals surface area contributed by atoms with Crippen LogP contribution in [0.1, 0.15) is 32.3 Å². The van der Waals surface area contributed by atoms with Gasteiger partial charge in [0, 0.05) is 18.7 Å². The van der Waals surface area contributed by atoms with Gasteiger partial charge in [0.25, 0.3) is 0 Å². The van der Waals surface area contributed by atoms with Crippen LogP contribution in [0, 0.1) is 0 Å². The molecule has 1 heterocycles. The van der Waals surface area contributed by atoms with E-state index in [4.69, 9.17) is 4.42 Å². The van der Waals surface area contributed by atoms with Gasteiger partial charge in [-0.2, -0.15) is 0 Å². The molecule has 1 aromatic rings. The molecule has 80 valence electrons. The fourth-order valence-electron chi connectivity index (χ4n) is 1.50. The topological polar surface area (TPSA) is 45.4 Å². The summed E-state index contributed by atoms with van der Waals surface area (Å²) in [6, 6.07) is 1.92. The number of hydrogen-bond donors (Lipinski definition) is 2. The van der Waals surface area contributed by atoms with Gasteiger partial charge in [0.1, 0.15) is 0 Å². The number of aliphatic hydroxyl groups is 1. The lowest BCUT2D eigenvalue weighted by molar-refractivity contribution is 0.0498. The fraction of sp³-hybridized carbons (Fsp3) is 0.636. The van der Waals surface area contributed by atoms with Crippen molar-refractivity contribution in [2.75, 3.05) is 6.54 Å². The third-order valence-corrected chi connectivity index (χ3v) is 2.20. The van der Waals surface area contributed by atoms with Crippen LogP contribution in [-0.2, 0) is 6.54 Å². The van der Waals surface area contributed by atoms with Crippen LogP contribution in [-0.4, -0.2) is 17.3 Å². The SMILES string of the molecule is CCCC(C)(O)CNCc1ccoc1. The van der Waals surface area contributed by atoms with E-state index in [9.17, 15) is 5.11 Å². The highest BCUT2D eigenvalue weighted by molar-refractivity contribution is 5.04. The zero-order valence-corrected chi connectivity index (χ0v) is 8.92. The van der Waals surface area contributed by atoms with E-state index in [1.165, 1.54) is 0 Å². The second kappa shape index (κ2) is 5.17. The van der Waals surface area contributed by atoms with Crippen LogP contribution >= 0.6 is 0 Å². The number of furan rings is 1. The largest absolute Gasteiger partial charge is 0.472 e. The molecule has 0 aliphatic rings. The summed E-state index contributed by atoms with van der Waals surface area (Å²) in [7, 11) is 0. The molecule has 0 saturated carbocycles. The lowest BCUT2D eigenvalue weighted by atomic mass is 10.0. The average molecular weight is 197 g/mol. The minimum Gasteiger partial charge on any atom is -0.472 e. The molecule has 0 amide bonds. The molecule has 1 atom stereocenters. The number of rotatable bonds is 6. The maximum atomic E-state index is 9.86. The van der Waals surface area contributed by atoms with E-state index in [1.54, 1.807) is 12.5 Å². The third kappa shape index (κ3) is 3.94. The van der Waals surface area contributed by atoms with Crippen LogP contribution in [0.15, 0.2) is 23.0 Å². The van der Waals surface area contributed by atoms with Crippen LogP contribution in [0.25, 0.3) is 0 Å². The summed E-state index contributed by atoms with van der Waals surface area (Å²) in [4.78, 5) is 0. The van der Waals surface area contributed by atoms with Crippen molar-refractivity contribution in [2.45, 2.75) is 38.8 Å². The molecule has 0 aliphatic heterocycles. The van der Waals surface area contributed by atoms with E-state index >= 15 is 0 Å². The van der Waals surface area contributed by atoms with Crippen LogP contribution in [0.3, 0.4) is 0 Å². The fourth-order valence-corrected chi connectivity index (χ4v) is 1.50. The number of nitrogens with one attached hydrogen (secondary N) is 1. The van der Waals surface area contributed by atoms with E-state index in [1.807, 2.05) is 13.0 Å². The molecule has 1 aromatic heterocycles. The molecule has 1 rings (SSSR count). The summed E-state index contributed by atoms with van der Waals surface area (Å²) in [5.41, 5.74) is 0.510. The van der Waals surface area contributed by atoms with Gasteiger partial charge >= 0.3 is 0 Å². The Bertz CT molecular complexity index is 242. The summed E-state index contributed by atoms with van der Waals surface area (Å²) < 4.78 is 4.94. The van der Waals surface area contributed by atoms with Gasteiger partial charge in [0.15, 0.2) is 0 Å². The monoisotopic (exact) mass is 197 g/mol.